The molecule has 0 bridgehead atoms. The van der Waals surface area contributed by atoms with Gasteiger partial charge in [0.25, 0.3) is 0 Å². The molecule has 3 heteroatoms. The van der Waals surface area contributed by atoms with Crippen molar-refractivity contribution in [3.05, 3.63) is 41.5 Å². The molecule has 19 heavy (non-hydrogen) atoms. The lowest BCUT2D eigenvalue weighted by molar-refractivity contribution is -0.133. The molecule has 2 aliphatic rings. The summed E-state index contributed by atoms with van der Waals surface area (Å²) >= 11 is 0. The van der Waals surface area contributed by atoms with Crippen LogP contribution < -0.4 is 5.73 Å². The van der Waals surface area contributed by atoms with Crippen molar-refractivity contribution in [2.45, 2.75) is 31.6 Å². The molecule has 1 aliphatic carbocycles. The van der Waals surface area contributed by atoms with E-state index in [1.165, 1.54) is 5.57 Å². The van der Waals surface area contributed by atoms with Crippen molar-refractivity contribution in [1.29, 1.82) is 0 Å². The van der Waals surface area contributed by atoms with Crippen LogP contribution in [0.5, 0.6) is 0 Å². The highest BCUT2D eigenvalue weighted by Gasteiger charge is 2.52. The van der Waals surface area contributed by atoms with Gasteiger partial charge in [0.05, 0.1) is 5.41 Å². The first-order chi connectivity index (χ1) is 9.12. The van der Waals surface area contributed by atoms with Gasteiger partial charge in [0, 0.05) is 18.8 Å². The Kier molecular flexibility index (Phi) is 2.85. The molecule has 100 valence electrons. The van der Waals surface area contributed by atoms with Crippen LogP contribution in [0.4, 0.5) is 5.69 Å². The van der Waals surface area contributed by atoms with Crippen LogP contribution in [0, 0.1) is 0 Å². The molecule has 1 amide bonds. The molecule has 0 radical (unpaired) electrons. The Bertz CT molecular complexity index is 526. The molecule has 1 aromatic carbocycles. The summed E-state index contributed by atoms with van der Waals surface area (Å²) in [4.78, 5) is 14.8. The van der Waals surface area contributed by atoms with E-state index >= 15 is 0 Å². The number of hydrogen-bond donors (Lipinski definition) is 1. The smallest absolute Gasteiger partial charge is 0.233 e. The van der Waals surface area contributed by atoms with Crippen molar-refractivity contribution in [3.63, 3.8) is 0 Å². The number of amides is 1. The molecule has 1 aliphatic heterocycles. The number of hydrogen-bond acceptors (Lipinski definition) is 2. The van der Waals surface area contributed by atoms with E-state index in [1.54, 1.807) is 0 Å². The molecular formula is C16H20N2O. The Morgan fingerprint density at radius 2 is 1.95 bits per heavy atom. The van der Waals surface area contributed by atoms with E-state index in [-0.39, 0.29) is 5.41 Å². The Morgan fingerprint density at radius 3 is 2.53 bits per heavy atom. The number of carbonyl (C=O) groups is 1. The molecule has 1 saturated carbocycles. The topological polar surface area (TPSA) is 46.3 Å². The second kappa shape index (κ2) is 4.41. The van der Waals surface area contributed by atoms with Gasteiger partial charge in [-0.2, -0.15) is 0 Å². The normalized spacial score (nSPS) is 20.9. The molecule has 3 rings (SSSR count). The number of nitrogen functional groups attached to an aromatic ring is 1. The predicted molar refractivity (Wildman–Crippen MR) is 76.7 cm³/mol. The van der Waals surface area contributed by atoms with Crippen molar-refractivity contribution < 1.29 is 4.79 Å². The molecule has 1 fully saturated rings. The molecule has 1 aromatic rings. The minimum atomic E-state index is -0.259. The highest BCUT2D eigenvalue weighted by atomic mass is 16.2. The quantitative estimate of drug-likeness (QED) is 0.652. The van der Waals surface area contributed by atoms with Gasteiger partial charge in [-0.15, -0.1) is 0 Å². The molecule has 3 nitrogen and oxygen atoms in total. The summed E-state index contributed by atoms with van der Waals surface area (Å²) in [6.45, 7) is 3.74. The van der Waals surface area contributed by atoms with Gasteiger partial charge in [-0.25, -0.2) is 0 Å². The van der Waals surface area contributed by atoms with E-state index < -0.39 is 0 Å². The van der Waals surface area contributed by atoms with Gasteiger partial charge in [-0.3, -0.25) is 4.79 Å². The van der Waals surface area contributed by atoms with Gasteiger partial charge in [-0.1, -0.05) is 23.8 Å². The fourth-order valence-corrected chi connectivity index (χ4v) is 2.94. The van der Waals surface area contributed by atoms with E-state index in [1.807, 2.05) is 29.2 Å². The van der Waals surface area contributed by atoms with Crippen LogP contribution in [-0.4, -0.2) is 23.9 Å². The maximum Gasteiger partial charge on any atom is 0.233 e. The third kappa shape index (κ3) is 2.14. The number of anilines is 1. The van der Waals surface area contributed by atoms with Crippen molar-refractivity contribution in [3.8, 4) is 0 Å². The Hall–Kier alpha value is -1.77. The van der Waals surface area contributed by atoms with Crippen molar-refractivity contribution in [1.82, 2.24) is 4.90 Å². The van der Waals surface area contributed by atoms with Gasteiger partial charge in [0.15, 0.2) is 0 Å². The highest BCUT2D eigenvalue weighted by Crippen LogP contribution is 2.50. The molecular weight excluding hydrogens is 236 g/mol. The molecule has 0 spiro atoms. The second-order valence-corrected chi connectivity index (χ2v) is 5.77. The van der Waals surface area contributed by atoms with Crippen LogP contribution >= 0.6 is 0 Å². The molecule has 0 aromatic heterocycles. The van der Waals surface area contributed by atoms with Crippen LogP contribution in [0.3, 0.4) is 0 Å². The second-order valence-electron chi connectivity index (χ2n) is 5.77. The minimum Gasteiger partial charge on any atom is -0.399 e. The number of rotatable bonds is 2. The summed E-state index contributed by atoms with van der Waals surface area (Å²) in [5, 5.41) is 0. The van der Waals surface area contributed by atoms with Crippen LogP contribution in [0.15, 0.2) is 35.9 Å². The van der Waals surface area contributed by atoms with Crippen molar-refractivity contribution in [2.75, 3.05) is 18.8 Å². The largest absolute Gasteiger partial charge is 0.399 e. The zero-order valence-corrected chi connectivity index (χ0v) is 11.4. The highest BCUT2D eigenvalue weighted by molar-refractivity contribution is 5.91. The first-order valence-electron chi connectivity index (χ1n) is 6.93. The van der Waals surface area contributed by atoms with Crippen LogP contribution in [0.1, 0.15) is 31.7 Å². The summed E-state index contributed by atoms with van der Waals surface area (Å²) in [6, 6.07) is 7.80. The van der Waals surface area contributed by atoms with Gasteiger partial charge in [0.2, 0.25) is 5.91 Å². The van der Waals surface area contributed by atoms with Crippen molar-refractivity contribution >= 4 is 11.6 Å². The summed E-state index contributed by atoms with van der Waals surface area (Å²) < 4.78 is 0. The fourth-order valence-electron chi connectivity index (χ4n) is 2.94. The van der Waals surface area contributed by atoms with Gasteiger partial charge < -0.3 is 10.6 Å². The van der Waals surface area contributed by atoms with Crippen molar-refractivity contribution in [2.24, 2.45) is 0 Å². The molecule has 0 unspecified atom stereocenters. The summed E-state index contributed by atoms with van der Waals surface area (Å²) in [6.07, 6.45) is 5.14. The zero-order valence-electron chi connectivity index (χ0n) is 11.4. The van der Waals surface area contributed by atoms with Gasteiger partial charge in [0.1, 0.15) is 0 Å². The van der Waals surface area contributed by atoms with Crippen LogP contribution in [0.25, 0.3) is 0 Å². The number of benzene rings is 1. The van der Waals surface area contributed by atoms with E-state index in [4.69, 9.17) is 5.73 Å². The molecule has 2 N–H and O–H groups in total. The average molecular weight is 256 g/mol. The molecule has 1 heterocycles. The molecule has 0 saturated heterocycles. The van der Waals surface area contributed by atoms with Gasteiger partial charge in [-0.05, 0) is 43.9 Å². The lowest BCUT2D eigenvalue weighted by atomic mass is 9.93. The van der Waals surface area contributed by atoms with E-state index in [2.05, 4.69) is 13.0 Å². The fraction of sp³-hybridized carbons (Fsp3) is 0.438. The Morgan fingerprint density at radius 1 is 1.26 bits per heavy atom. The minimum absolute atomic E-state index is 0.259. The standard InChI is InChI=1S/C16H20N2O/c1-12-3-2-10-18(11-12)15(19)16(8-9-16)13-4-6-14(17)7-5-13/h3-7H,2,8-11,17H2,1H3. The number of nitrogens with two attached hydrogens (primary N) is 1. The first-order valence-corrected chi connectivity index (χ1v) is 6.93. The Labute approximate surface area is 114 Å². The number of nitrogens with zero attached hydrogens (tertiary/aromatic N) is 1. The summed E-state index contributed by atoms with van der Waals surface area (Å²) in [5.41, 5.74) is 8.64. The maximum atomic E-state index is 12.8. The SMILES string of the molecule is CC1=CCCN(C(=O)C2(c3ccc(N)cc3)CC2)C1. The van der Waals surface area contributed by atoms with E-state index in [9.17, 15) is 4.79 Å². The van der Waals surface area contributed by atoms with Crippen LogP contribution in [0.2, 0.25) is 0 Å². The predicted octanol–water partition coefficient (Wildman–Crippen LogP) is 2.48. The lowest BCUT2D eigenvalue weighted by Crippen LogP contribution is -2.42. The molecule has 0 atom stereocenters. The summed E-state index contributed by atoms with van der Waals surface area (Å²) in [5.74, 6) is 0.296. The number of carbonyl (C=O) groups excluding carboxylic acids is 1. The summed E-state index contributed by atoms with van der Waals surface area (Å²) in [7, 11) is 0. The maximum absolute atomic E-state index is 12.8. The van der Waals surface area contributed by atoms with Gasteiger partial charge >= 0.3 is 0 Å². The van der Waals surface area contributed by atoms with Crippen LogP contribution in [-0.2, 0) is 10.2 Å². The third-order valence-electron chi connectivity index (χ3n) is 4.24. The van der Waals surface area contributed by atoms with E-state index in [0.717, 1.165) is 43.6 Å². The van der Waals surface area contributed by atoms with E-state index in [0.29, 0.717) is 5.91 Å². The first kappa shape index (κ1) is 12.3. The monoisotopic (exact) mass is 256 g/mol. The average Bonchev–Trinajstić information content (AvgIpc) is 3.20. The lowest BCUT2D eigenvalue weighted by Gasteiger charge is -2.30. The third-order valence-corrected chi connectivity index (χ3v) is 4.24. The Balaban J connectivity index is 1.83. The zero-order chi connectivity index (χ0) is 13.5.